The number of amides is 2. The predicted molar refractivity (Wildman–Crippen MR) is 123 cm³/mol. The average Bonchev–Trinajstić information content (AvgIpc) is 3.18. The molecular weight excluding hydrogens is 458 g/mol. The first-order valence-corrected chi connectivity index (χ1v) is 10.8. The first-order chi connectivity index (χ1) is 16.8. The number of aliphatic carboxylic acids is 1. The van der Waals surface area contributed by atoms with Gasteiger partial charge in [-0.25, -0.2) is 9.59 Å². The Morgan fingerprint density at radius 1 is 0.886 bits per heavy atom. The number of alkyl carbamates (subject to hydrolysis) is 1. The smallest absolute Gasteiger partial charge is 0.407 e. The number of hydrogen-bond donors (Lipinski definition) is 3. The van der Waals surface area contributed by atoms with Crippen LogP contribution in [0.4, 0.5) is 13.6 Å². The van der Waals surface area contributed by atoms with Crippen LogP contribution < -0.4 is 10.6 Å². The Labute approximate surface area is 199 Å². The fourth-order valence-corrected chi connectivity index (χ4v) is 4.08. The lowest BCUT2D eigenvalue weighted by molar-refractivity contribution is -0.150. The summed E-state index contributed by atoms with van der Waals surface area (Å²) >= 11 is 0. The molecule has 0 saturated carbocycles. The monoisotopic (exact) mass is 480 g/mol. The number of fused-ring (bicyclic) bond motifs is 3. The van der Waals surface area contributed by atoms with Crippen molar-refractivity contribution in [2.24, 2.45) is 0 Å². The SMILES string of the molecule is O=C(NCC(F)(F)C(=O)N[C@H](C(=O)O)c1ccccc1)OCC1c2ccccc2-c2ccccc21. The van der Waals surface area contributed by atoms with E-state index in [1.54, 1.807) is 6.07 Å². The normalized spacial score (nSPS) is 13.3. The molecule has 180 valence electrons. The number of nitrogens with one attached hydrogen (secondary N) is 2. The number of benzene rings is 3. The predicted octanol–water partition coefficient (Wildman–Crippen LogP) is 4.10. The largest absolute Gasteiger partial charge is 0.479 e. The van der Waals surface area contributed by atoms with Crippen LogP contribution in [0.15, 0.2) is 78.9 Å². The van der Waals surface area contributed by atoms with Gasteiger partial charge in [-0.15, -0.1) is 0 Å². The lowest BCUT2D eigenvalue weighted by Gasteiger charge is -2.21. The lowest BCUT2D eigenvalue weighted by atomic mass is 9.98. The Hall–Kier alpha value is -4.27. The van der Waals surface area contributed by atoms with E-state index in [-0.39, 0.29) is 18.1 Å². The molecule has 0 bridgehead atoms. The molecule has 0 aromatic heterocycles. The number of rotatable bonds is 8. The molecule has 35 heavy (non-hydrogen) atoms. The zero-order chi connectivity index (χ0) is 25.0. The highest BCUT2D eigenvalue weighted by Crippen LogP contribution is 2.44. The van der Waals surface area contributed by atoms with Crippen molar-refractivity contribution in [3.8, 4) is 11.1 Å². The topological polar surface area (TPSA) is 105 Å². The van der Waals surface area contributed by atoms with Crippen molar-refractivity contribution >= 4 is 18.0 Å². The van der Waals surface area contributed by atoms with E-state index in [2.05, 4.69) is 0 Å². The maximum absolute atomic E-state index is 14.4. The molecule has 3 aromatic carbocycles. The van der Waals surface area contributed by atoms with Gasteiger partial charge in [-0.1, -0.05) is 78.9 Å². The third kappa shape index (κ3) is 5.13. The second-order valence-corrected chi connectivity index (χ2v) is 8.04. The summed E-state index contributed by atoms with van der Waals surface area (Å²) < 4.78 is 33.9. The molecule has 0 unspecified atom stereocenters. The van der Waals surface area contributed by atoms with E-state index in [4.69, 9.17) is 4.74 Å². The molecule has 0 heterocycles. The fraction of sp³-hybridized carbons (Fsp3) is 0.192. The van der Waals surface area contributed by atoms with Gasteiger partial charge >= 0.3 is 18.0 Å². The molecule has 4 rings (SSSR count). The molecule has 3 aromatic rings. The van der Waals surface area contributed by atoms with E-state index in [0.717, 1.165) is 22.3 Å². The van der Waals surface area contributed by atoms with Crippen molar-refractivity contribution in [1.29, 1.82) is 0 Å². The van der Waals surface area contributed by atoms with E-state index in [1.165, 1.54) is 24.3 Å². The second kappa shape index (κ2) is 9.92. The first-order valence-electron chi connectivity index (χ1n) is 10.8. The summed E-state index contributed by atoms with van der Waals surface area (Å²) in [6, 6.07) is 21.1. The number of carboxylic acid groups (broad SMARTS) is 1. The number of carbonyl (C=O) groups excluding carboxylic acids is 2. The Bertz CT molecular complexity index is 1200. The summed E-state index contributed by atoms with van der Waals surface area (Å²) in [6.45, 7) is -1.43. The van der Waals surface area contributed by atoms with Crippen molar-refractivity contribution in [2.75, 3.05) is 13.2 Å². The van der Waals surface area contributed by atoms with E-state index < -0.39 is 36.5 Å². The molecule has 0 spiro atoms. The maximum atomic E-state index is 14.4. The molecule has 0 fully saturated rings. The molecule has 9 heteroatoms. The molecule has 3 N–H and O–H groups in total. The van der Waals surface area contributed by atoms with Crippen LogP contribution in [-0.2, 0) is 14.3 Å². The minimum Gasteiger partial charge on any atom is -0.479 e. The zero-order valence-corrected chi connectivity index (χ0v) is 18.4. The van der Waals surface area contributed by atoms with E-state index >= 15 is 0 Å². The lowest BCUT2D eigenvalue weighted by Crippen LogP contribution is -2.50. The summed E-state index contributed by atoms with van der Waals surface area (Å²) in [7, 11) is 0. The highest BCUT2D eigenvalue weighted by molar-refractivity contribution is 5.89. The van der Waals surface area contributed by atoms with E-state index in [0.29, 0.717) is 0 Å². The molecule has 1 aliphatic carbocycles. The summed E-state index contributed by atoms with van der Waals surface area (Å²) in [5, 5.41) is 13.0. The van der Waals surface area contributed by atoms with Gasteiger partial charge in [0.05, 0.1) is 6.54 Å². The van der Waals surface area contributed by atoms with Gasteiger partial charge in [0.2, 0.25) is 0 Å². The third-order valence-electron chi connectivity index (χ3n) is 5.79. The highest BCUT2D eigenvalue weighted by Gasteiger charge is 2.41. The summed E-state index contributed by atoms with van der Waals surface area (Å²) in [5.41, 5.74) is 4.10. The molecule has 7 nitrogen and oxygen atoms in total. The molecular formula is C26H22F2N2O5. The number of carbonyl (C=O) groups is 3. The van der Waals surface area contributed by atoms with Crippen LogP contribution in [0.5, 0.6) is 0 Å². The zero-order valence-electron chi connectivity index (χ0n) is 18.4. The summed E-state index contributed by atoms with van der Waals surface area (Å²) in [4.78, 5) is 35.7. The molecule has 0 saturated heterocycles. The van der Waals surface area contributed by atoms with Gasteiger partial charge in [0.25, 0.3) is 5.91 Å². The number of ether oxygens (including phenoxy) is 1. The third-order valence-corrected chi connectivity index (χ3v) is 5.79. The van der Waals surface area contributed by atoms with Crippen molar-refractivity contribution < 1.29 is 33.0 Å². The van der Waals surface area contributed by atoms with Gasteiger partial charge < -0.3 is 20.5 Å². The van der Waals surface area contributed by atoms with Gasteiger partial charge in [0, 0.05) is 5.92 Å². The van der Waals surface area contributed by atoms with Crippen LogP contribution >= 0.6 is 0 Å². The van der Waals surface area contributed by atoms with E-state index in [1.807, 2.05) is 59.2 Å². The number of alkyl halides is 2. The quantitative estimate of drug-likeness (QED) is 0.450. The summed E-state index contributed by atoms with van der Waals surface area (Å²) in [5.74, 6) is -7.63. The Balaban J connectivity index is 1.34. The summed E-state index contributed by atoms with van der Waals surface area (Å²) in [6.07, 6.45) is -1.11. The van der Waals surface area contributed by atoms with Gasteiger partial charge in [0.1, 0.15) is 6.61 Å². The number of carboxylic acids is 1. The molecule has 0 radical (unpaired) electrons. The maximum Gasteiger partial charge on any atom is 0.407 e. The van der Waals surface area contributed by atoms with Crippen molar-refractivity contribution in [2.45, 2.75) is 17.9 Å². The highest BCUT2D eigenvalue weighted by atomic mass is 19.3. The van der Waals surface area contributed by atoms with Crippen LogP contribution in [0.2, 0.25) is 0 Å². The Morgan fingerprint density at radius 3 is 2.00 bits per heavy atom. The number of halogens is 2. The first kappa shape index (κ1) is 23.9. The van der Waals surface area contributed by atoms with Crippen molar-refractivity contribution in [3.05, 3.63) is 95.6 Å². The molecule has 0 aliphatic heterocycles. The number of hydrogen-bond acceptors (Lipinski definition) is 4. The van der Waals surface area contributed by atoms with E-state index in [9.17, 15) is 28.3 Å². The van der Waals surface area contributed by atoms with Gasteiger partial charge in [-0.05, 0) is 27.8 Å². The fourth-order valence-electron chi connectivity index (χ4n) is 4.08. The van der Waals surface area contributed by atoms with Crippen LogP contribution in [0.3, 0.4) is 0 Å². The van der Waals surface area contributed by atoms with Crippen LogP contribution in [0.1, 0.15) is 28.7 Å². The molecule has 2 amide bonds. The van der Waals surface area contributed by atoms with Crippen molar-refractivity contribution in [1.82, 2.24) is 10.6 Å². The molecule has 1 aliphatic rings. The Kier molecular flexibility index (Phi) is 6.77. The Morgan fingerprint density at radius 2 is 1.43 bits per heavy atom. The van der Waals surface area contributed by atoms with Crippen LogP contribution in [0.25, 0.3) is 11.1 Å². The standard InChI is InChI=1S/C26H22F2N2O5/c27-26(28,24(33)30-22(23(31)32)16-8-2-1-3-9-16)15-29-25(34)35-14-21-19-12-6-4-10-17(19)18-11-5-7-13-20(18)21/h1-13,21-22H,14-15H2,(H,29,34)(H,30,33)(H,31,32)/t22-/m0/s1. The van der Waals surface area contributed by atoms with Crippen LogP contribution in [0, 0.1) is 0 Å². The van der Waals surface area contributed by atoms with Crippen LogP contribution in [-0.4, -0.2) is 42.2 Å². The second-order valence-electron chi connectivity index (χ2n) is 8.04. The minimum atomic E-state index is -4.06. The van der Waals surface area contributed by atoms with Crippen molar-refractivity contribution in [3.63, 3.8) is 0 Å². The average molecular weight is 480 g/mol. The van der Waals surface area contributed by atoms with Gasteiger partial charge in [-0.3, -0.25) is 4.79 Å². The minimum absolute atomic E-state index is 0.0767. The van der Waals surface area contributed by atoms with Gasteiger partial charge in [0.15, 0.2) is 6.04 Å². The van der Waals surface area contributed by atoms with Gasteiger partial charge in [-0.2, -0.15) is 8.78 Å². The molecule has 1 atom stereocenters.